The van der Waals surface area contributed by atoms with E-state index in [9.17, 15) is 0 Å². The van der Waals surface area contributed by atoms with Crippen molar-refractivity contribution < 1.29 is 9.47 Å². The van der Waals surface area contributed by atoms with Gasteiger partial charge in [0.05, 0.1) is 26.4 Å². The predicted molar refractivity (Wildman–Crippen MR) is 101 cm³/mol. The van der Waals surface area contributed by atoms with E-state index in [0.29, 0.717) is 32.9 Å². The van der Waals surface area contributed by atoms with Gasteiger partial charge in [-0.15, -0.1) is 0 Å². The summed E-state index contributed by atoms with van der Waals surface area (Å²) in [5.41, 5.74) is 1.12. The van der Waals surface area contributed by atoms with Crippen LogP contribution in [0.5, 0.6) is 0 Å². The fourth-order valence-electron chi connectivity index (χ4n) is 1.91. The van der Waals surface area contributed by atoms with Crippen molar-refractivity contribution in [2.75, 3.05) is 39.5 Å². The summed E-state index contributed by atoms with van der Waals surface area (Å²) >= 11 is 5.89. The molecule has 1 aromatic rings. The number of unbranched alkanes of at least 4 members (excludes halogenated alkanes) is 1. The quantitative estimate of drug-likeness (QED) is 0.343. The molecule has 0 fully saturated rings. The highest BCUT2D eigenvalue weighted by Crippen LogP contribution is 2.09. The summed E-state index contributed by atoms with van der Waals surface area (Å²) in [6, 6.07) is 7.72. The van der Waals surface area contributed by atoms with E-state index in [-0.39, 0.29) is 0 Å². The molecule has 5 nitrogen and oxygen atoms in total. The first-order chi connectivity index (χ1) is 11.8. The van der Waals surface area contributed by atoms with Crippen LogP contribution in [0, 0.1) is 0 Å². The topological polar surface area (TPSA) is 54.9 Å². The van der Waals surface area contributed by atoms with Gasteiger partial charge in [0.1, 0.15) is 0 Å². The van der Waals surface area contributed by atoms with Crippen molar-refractivity contribution in [3.05, 3.63) is 34.9 Å². The second-order valence-corrected chi connectivity index (χ2v) is 5.76. The smallest absolute Gasteiger partial charge is 0.191 e. The lowest BCUT2D eigenvalue weighted by Crippen LogP contribution is -2.39. The minimum atomic E-state index is 0.610. The number of benzene rings is 1. The molecule has 136 valence electrons. The average molecular weight is 356 g/mol. The largest absolute Gasteiger partial charge is 0.379 e. The molecule has 0 saturated carbocycles. The molecule has 6 heteroatoms. The molecular weight excluding hydrogens is 326 g/mol. The normalized spacial score (nSPS) is 11.5. The summed E-state index contributed by atoms with van der Waals surface area (Å²) in [5, 5.41) is 7.22. The summed E-state index contributed by atoms with van der Waals surface area (Å²) in [4.78, 5) is 4.55. The Bertz CT molecular complexity index is 452. The number of nitrogens with one attached hydrogen (secondary N) is 2. The molecule has 0 bridgehead atoms. The van der Waals surface area contributed by atoms with Crippen LogP contribution in [0.15, 0.2) is 29.3 Å². The standard InChI is InChI=1S/C18H30ClN3O2/c1-3-5-11-23-13-14-24-12-10-21-18(20-4-2)22-15-16-6-8-17(19)9-7-16/h6-9H,3-5,10-15H2,1-2H3,(H2,20,21,22). The Hall–Kier alpha value is -1.30. The lowest BCUT2D eigenvalue weighted by Gasteiger charge is -2.11. The van der Waals surface area contributed by atoms with Gasteiger partial charge in [0.15, 0.2) is 5.96 Å². The molecule has 2 N–H and O–H groups in total. The van der Waals surface area contributed by atoms with E-state index in [4.69, 9.17) is 21.1 Å². The molecule has 0 atom stereocenters. The second-order valence-electron chi connectivity index (χ2n) is 5.33. The van der Waals surface area contributed by atoms with E-state index in [1.54, 1.807) is 0 Å². The number of nitrogens with zero attached hydrogens (tertiary/aromatic N) is 1. The summed E-state index contributed by atoms with van der Waals surface area (Å²) in [5.74, 6) is 0.787. The van der Waals surface area contributed by atoms with Crippen LogP contribution in [0.25, 0.3) is 0 Å². The number of halogens is 1. The predicted octanol–water partition coefficient (Wildman–Crippen LogP) is 3.23. The van der Waals surface area contributed by atoms with Crippen LogP contribution in [-0.4, -0.2) is 45.5 Å². The molecule has 0 aliphatic carbocycles. The van der Waals surface area contributed by atoms with Gasteiger partial charge in [0.2, 0.25) is 0 Å². The molecule has 0 aromatic heterocycles. The Morgan fingerprint density at radius 1 is 1.00 bits per heavy atom. The van der Waals surface area contributed by atoms with Crippen LogP contribution in [0.1, 0.15) is 32.3 Å². The Morgan fingerprint density at radius 3 is 2.38 bits per heavy atom. The van der Waals surface area contributed by atoms with Crippen molar-refractivity contribution >= 4 is 17.6 Å². The molecule has 1 rings (SSSR count). The minimum absolute atomic E-state index is 0.610. The van der Waals surface area contributed by atoms with Crippen LogP contribution in [0.2, 0.25) is 5.02 Å². The van der Waals surface area contributed by atoms with Crippen LogP contribution >= 0.6 is 11.6 Å². The fraction of sp³-hybridized carbons (Fsp3) is 0.611. The van der Waals surface area contributed by atoms with Crippen molar-refractivity contribution in [3.63, 3.8) is 0 Å². The molecule has 0 amide bonds. The minimum Gasteiger partial charge on any atom is -0.379 e. The van der Waals surface area contributed by atoms with Crippen molar-refractivity contribution in [3.8, 4) is 0 Å². The zero-order chi connectivity index (χ0) is 17.5. The van der Waals surface area contributed by atoms with Crippen molar-refractivity contribution in [2.45, 2.75) is 33.2 Å². The molecule has 0 heterocycles. The summed E-state index contributed by atoms with van der Waals surface area (Å²) in [6.45, 7) is 9.07. The Morgan fingerprint density at radius 2 is 1.71 bits per heavy atom. The monoisotopic (exact) mass is 355 g/mol. The van der Waals surface area contributed by atoms with E-state index in [0.717, 1.165) is 42.5 Å². The van der Waals surface area contributed by atoms with Crippen LogP contribution in [0.4, 0.5) is 0 Å². The summed E-state index contributed by atoms with van der Waals surface area (Å²) in [7, 11) is 0. The van der Waals surface area contributed by atoms with Gasteiger partial charge < -0.3 is 20.1 Å². The van der Waals surface area contributed by atoms with Gasteiger partial charge in [-0.1, -0.05) is 37.1 Å². The van der Waals surface area contributed by atoms with E-state index < -0.39 is 0 Å². The van der Waals surface area contributed by atoms with E-state index in [1.807, 2.05) is 31.2 Å². The molecular formula is C18H30ClN3O2. The number of hydrogen-bond acceptors (Lipinski definition) is 3. The molecule has 0 unspecified atom stereocenters. The van der Waals surface area contributed by atoms with Gasteiger partial charge in [-0.05, 0) is 31.0 Å². The first-order valence-corrected chi connectivity index (χ1v) is 9.06. The number of hydrogen-bond donors (Lipinski definition) is 2. The highest BCUT2D eigenvalue weighted by Gasteiger charge is 1.98. The highest BCUT2D eigenvalue weighted by molar-refractivity contribution is 6.30. The van der Waals surface area contributed by atoms with Gasteiger partial charge in [0, 0.05) is 24.7 Å². The first kappa shape index (κ1) is 20.7. The number of aliphatic imine (C=N–C) groups is 1. The third-order valence-corrected chi connectivity index (χ3v) is 3.48. The lowest BCUT2D eigenvalue weighted by molar-refractivity contribution is 0.0487. The van der Waals surface area contributed by atoms with Crippen LogP contribution in [-0.2, 0) is 16.0 Å². The number of guanidine groups is 1. The van der Waals surface area contributed by atoms with Crippen molar-refractivity contribution in [2.24, 2.45) is 4.99 Å². The van der Waals surface area contributed by atoms with E-state index in [2.05, 4.69) is 22.5 Å². The summed E-state index contributed by atoms with van der Waals surface area (Å²) in [6.07, 6.45) is 2.27. The zero-order valence-electron chi connectivity index (χ0n) is 14.8. The van der Waals surface area contributed by atoms with Crippen molar-refractivity contribution in [1.82, 2.24) is 10.6 Å². The zero-order valence-corrected chi connectivity index (χ0v) is 15.6. The van der Waals surface area contributed by atoms with E-state index in [1.165, 1.54) is 0 Å². The highest BCUT2D eigenvalue weighted by atomic mass is 35.5. The van der Waals surface area contributed by atoms with Crippen LogP contribution < -0.4 is 10.6 Å². The lowest BCUT2D eigenvalue weighted by atomic mass is 10.2. The molecule has 0 radical (unpaired) electrons. The number of ether oxygens (including phenoxy) is 2. The van der Waals surface area contributed by atoms with Crippen molar-refractivity contribution in [1.29, 1.82) is 0 Å². The molecule has 0 aliphatic heterocycles. The third kappa shape index (κ3) is 10.5. The molecule has 0 spiro atoms. The summed E-state index contributed by atoms with van der Waals surface area (Å²) < 4.78 is 11.0. The molecule has 1 aromatic carbocycles. The maximum absolute atomic E-state index is 5.89. The molecule has 0 aliphatic rings. The second kappa shape index (κ2) is 14.1. The average Bonchev–Trinajstić information content (AvgIpc) is 2.59. The number of rotatable bonds is 12. The third-order valence-electron chi connectivity index (χ3n) is 3.23. The SMILES string of the molecule is CCCCOCCOCCNC(=NCc1ccc(Cl)cc1)NCC. The van der Waals surface area contributed by atoms with Gasteiger partial charge in [-0.2, -0.15) is 0 Å². The fourth-order valence-corrected chi connectivity index (χ4v) is 2.04. The van der Waals surface area contributed by atoms with Gasteiger partial charge >= 0.3 is 0 Å². The Labute approximate surface area is 150 Å². The maximum atomic E-state index is 5.89. The van der Waals surface area contributed by atoms with Crippen LogP contribution in [0.3, 0.4) is 0 Å². The molecule has 0 saturated heterocycles. The van der Waals surface area contributed by atoms with Gasteiger partial charge in [-0.25, -0.2) is 4.99 Å². The Kier molecular flexibility index (Phi) is 12.2. The van der Waals surface area contributed by atoms with Gasteiger partial charge in [0.25, 0.3) is 0 Å². The van der Waals surface area contributed by atoms with Gasteiger partial charge in [-0.3, -0.25) is 0 Å². The molecule has 24 heavy (non-hydrogen) atoms. The maximum Gasteiger partial charge on any atom is 0.191 e. The van der Waals surface area contributed by atoms with E-state index >= 15 is 0 Å². The Balaban J connectivity index is 2.18. The first-order valence-electron chi connectivity index (χ1n) is 8.68.